The second kappa shape index (κ2) is 5.13. The first-order chi connectivity index (χ1) is 10.2. The van der Waals surface area contributed by atoms with Crippen molar-refractivity contribution in [1.29, 1.82) is 0 Å². The number of imidazole rings is 1. The van der Waals surface area contributed by atoms with Crippen LogP contribution in [0.15, 0.2) is 29.4 Å². The molecule has 22 heavy (non-hydrogen) atoms. The predicted molar refractivity (Wildman–Crippen MR) is 83.6 cm³/mol. The molecule has 0 unspecified atom stereocenters. The maximum absolute atomic E-state index is 12.5. The monoisotopic (exact) mass is 379 g/mol. The van der Waals surface area contributed by atoms with Crippen LogP contribution in [0.25, 0.3) is 0 Å². The third-order valence-corrected chi connectivity index (χ3v) is 4.98. The van der Waals surface area contributed by atoms with E-state index < -0.39 is 15.1 Å². The van der Waals surface area contributed by atoms with Crippen LogP contribution in [0.4, 0.5) is 11.6 Å². The third kappa shape index (κ3) is 2.38. The zero-order valence-electron chi connectivity index (χ0n) is 11.0. The van der Waals surface area contributed by atoms with Gasteiger partial charge >= 0.3 is 0 Å². The fraction of sp³-hybridized carbons (Fsp3) is 0.167. The minimum absolute atomic E-state index is 0.148. The van der Waals surface area contributed by atoms with Crippen molar-refractivity contribution in [2.24, 2.45) is 0 Å². The summed E-state index contributed by atoms with van der Waals surface area (Å²) < 4.78 is 24.4. The van der Waals surface area contributed by atoms with Gasteiger partial charge in [-0.3, -0.25) is 9.36 Å². The minimum Gasteiger partial charge on any atom is -0.287 e. The molecule has 1 aliphatic rings. The zero-order valence-corrected chi connectivity index (χ0v) is 14.1. The number of hydrogen-bond donors (Lipinski definition) is 0. The number of aromatic nitrogens is 2. The summed E-state index contributed by atoms with van der Waals surface area (Å²) in [7, 11) is 1.36. The van der Waals surface area contributed by atoms with Gasteiger partial charge in [0, 0.05) is 20.7 Å². The summed E-state index contributed by atoms with van der Waals surface area (Å²) in [5.74, 6) is -0.210. The smallest absolute Gasteiger partial charge is 0.278 e. The molecule has 0 N–H and O–H groups in total. The molecule has 1 aromatic carbocycles. The van der Waals surface area contributed by atoms with Crippen LogP contribution in [0.3, 0.4) is 0 Å². The molecule has 3 rings (SSSR count). The Labute approximate surface area is 140 Å². The molecule has 6 nitrogen and oxygen atoms in total. The number of hydrogen-bond acceptors (Lipinski definition) is 4. The van der Waals surface area contributed by atoms with E-state index in [-0.39, 0.29) is 16.9 Å². The van der Waals surface area contributed by atoms with Crippen molar-refractivity contribution < 1.29 is 13.2 Å². The summed E-state index contributed by atoms with van der Waals surface area (Å²) in [4.78, 5) is 17.7. The number of nitrogens with zero attached hydrogens (tertiary/aromatic N) is 3. The molecule has 0 aliphatic carbocycles. The zero-order chi connectivity index (χ0) is 16.2. The van der Waals surface area contributed by atoms with Gasteiger partial charge in [0.1, 0.15) is 6.04 Å². The van der Waals surface area contributed by atoms with Gasteiger partial charge in [-0.2, -0.15) is 0 Å². The highest BCUT2D eigenvalue weighted by Gasteiger charge is 2.40. The number of fused-ring (bicyclic) bond motifs is 1. The quantitative estimate of drug-likeness (QED) is 0.749. The lowest BCUT2D eigenvalue weighted by Crippen LogP contribution is -2.24. The van der Waals surface area contributed by atoms with Crippen LogP contribution in [0.2, 0.25) is 10.0 Å². The van der Waals surface area contributed by atoms with Crippen molar-refractivity contribution >= 4 is 60.5 Å². The molecule has 0 bridgehead atoms. The number of benzene rings is 1. The van der Waals surface area contributed by atoms with E-state index in [9.17, 15) is 13.2 Å². The Morgan fingerprint density at radius 2 is 1.77 bits per heavy atom. The second-order valence-electron chi connectivity index (χ2n) is 4.68. The normalized spacial score (nSPS) is 17.9. The van der Waals surface area contributed by atoms with Gasteiger partial charge in [0.15, 0.2) is 5.03 Å². The van der Waals surface area contributed by atoms with E-state index in [4.69, 9.17) is 33.9 Å². The lowest BCUT2D eigenvalue weighted by atomic mass is 10.2. The van der Waals surface area contributed by atoms with E-state index in [1.165, 1.54) is 27.7 Å². The summed E-state index contributed by atoms with van der Waals surface area (Å²) in [5.41, 5.74) is 0.400. The molecule has 10 heteroatoms. The first kappa shape index (κ1) is 15.6. The topological polar surface area (TPSA) is 72.3 Å². The van der Waals surface area contributed by atoms with Crippen molar-refractivity contribution in [1.82, 2.24) is 9.55 Å². The molecule has 1 atom stereocenters. The van der Waals surface area contributed by atoms with Crippen molar-refractivity contribution in [2.45, 2.75) is 18.0 Å². The van der Waals surface area contributed by atoms with Gasteiger partial charge in [-0.1, -0.05) is 23.2 Å². The number of carbonyl (C=O) groups is 1. The molecule has 1 amide bonds. The van der Waals surface area contributed by atoms with Gasteiger partial charge in [-0.15, -0.1) is 0 Å². The van der Waals surface area contributed by atoms with Crippen molar-refractivity contribution in [3.05, 3.63) is 34.4 Å². The highest BCUT2D eigenvalue weighted by atomic mass is 35.7. The molecule has 0 radical (unpaired) electrons. The van der Waals surface area contributed by atoms with E-state index in [0.717, 1.165) is 6.20 Å². The molecule has 2 aromatic rings. The van der Waals surface area contributed by atoms with Crippen LogP contribution in [-0.2, 0) is 13.8 Å². The average Bonchev–Trinajstić information content (AvgIpc) is 2.89. The molecular formula is C12H8Cl3N3O3S. The molecule has 0 fully saturated rings. The highest BCUT2D eigenvalue weighted by Crippen LogP contribution is 2.40. The first-order valence-corrected chi connectivity index (χ1v) is 9.08. The van der Waals surface area contributed by atoms with Gasteiger partial charge in [-0.25, -0.2) is 18.3 Å². The summed E-state index contributed by atoms with van der Waals surface area (Å²) in [6.07, 6.45) is 1.11. The van der Waals surface area contributed by atoms with Crippen molar-refractivity contribution in [2.75, 3.05) is 4.90 Å². The number of halogens is 3. The Hall–Kier alpha value is -1.28. The summed E-state index contributed by atoms with van der Waals surface area (Å²) in [5, 5.41) is 0.455. The lowest BCUT2D eigenvalue weighted by Gasteiger charge is -2.15. The van der Waals surface area contributed by atoms with E-state index in [2.05, 4.69) is 4.98 Å². The van der Waals surface area contributed by atoms with Gasteiger partial charge < -0.3 is 0 Å². The Balaban J connectivity index is 2.22. The van der Waals surface area contributed by atoms with Crippen LogP contribution in [-0.4, -0.2) is 23.9 Å². The molecule has 116 valence electrons. The van der Waals surface area contributed by atoms with E-state index >= 15 is 0 Å². The molecule has 0 saturated heterocycles. The van der Waals surface area contributed by atoms with Crippen LogP contribution < -0.4 is 4.90 Å². The highest BCUT2D eigenvalue weighted by molar-refractivity contribution is 8.13. The number of anilines is 2. The van der Waals surface area contributed by atoms with Gasteiger partial charge in [0.05, 0.1) is 11.9 Å². The van der Waals surface area contributed by atoms with Crippen LogP contribution in [0.5, 0.6) is 0 Å². The van der Waals surface area contributed by atoms with Crippen LogP contribution in [0, 0.1) is 0 Å². The molecule has 2 heterocycles. The predicted octanol–water partition coefficient (Wildman–Crippen LogP) is 3.36. The van der Waals surface area contributed by atoms with Gasteiger partial charge in [0.2, 0.25) is 5.95 Å². The SMILES string of the molecule is C[C@H]1C(=O)N(c2cc(Cl)cc(Cl)c2)c2ncc(S(=O)(=O)Cl)n21. The largest absolute Gasteiger partial charge is 0.287 e. The Bertz CT molecular complexity index is 874. The van der Waals surface area contributed by atoms with E-state index in [1.807, 2.05) is 0 Å². The number of amides is 1. The first-order valence-electron chi connectivity index (χ1n) is 6.02. The van der Waals surface area contributed by atoms with Crippen LogP contribution in [0.1, 0.15) is 13.0 Å². The standard InChI is InChI=1S/C12H8Cl3N3O3S/c1-6-11(19)18(9-3-7(13)2-8(14)4-9)12-16-5-10(17(6)12)22(15,20)21/h2-6H,1H3/t6-/m0/s1. The lowest BCUT2D eigenvalue weighted by molar-refractivity contribution is -0.119. The maximum atomic E-state index is 12.5. The molecule has 0 spiro atoms. The summed E-state index contributed by atoms with van der Waals surface area (Å²) in [6, 6.07) is 3.84. The third-order valence-electron chi connectivity index (χ3n) is 3.26. The van der Waals surface area contributed by atoms with Crippen molar-refractivity contribution in [3.8, 4) is 0 Å². The molecular weight excluding hydrogens is 373 g/mol. The maximum Gasteiger partial charge on any atom is 0.278 e. The summed E-state index contributed by atoms with van der Waals surface area (Å²) in [6.45, 7) is 1.56. The second-order valence-corrected chi connectivity index (χ2v) is 8.07. The number of rotatable bonds is 2. The Morgan fingerprint density at radius 3 is 2.32 bits per heavy atom. The van der Waals surface area contributed by atoms with E-state index in [0.29, 0.717) is 15.7 Å². The average molecular weight is 381 g/mol. The fourth-order valence-electron chi connectivity index (χ4n) is 2.35. The molecule has 1 aliphatic heterocycles. The minimum atomic E-state index is -4.02. The Morgan fingerprint density at radius 1 is 1.18 bits per heavy atom. The summed E-state index contributed by atoms with van der Waals surface area (Å²) >= 11 is 11.9. The van der Waals surface area contributed by atoms with Crippen molar-refractivity contribution in [3.63, 3.8) is 0 Å². The van der Waals surface area contributed by atoms with E-state index in [1.54, 1.807) is 6.92 Å². The van der Waals surface area contributed by atoms with Crippen LogP contribution >= 0.6 is 33.9 Å². The molecule has 0 saturated carbocycles. The fourth-order valence-corrected chi connectivity index (χ4v) is 3.86. The molecule has 1 aromatic heterocycles. The van der Waals surface area contributed by atoms with Gasteiger partial charge in [0.25, 0.3) is 15.0 Å². The van der Waals surface area contributed by atoms with Gasteiger partial charge in [-0.05, 0) is 25.1 Å². The Kier molecular flexibility index (Phi) is 3.64. The number of carbonyl (C=O) groups excluding carboxylic acids is 1.